The number of carbonyl (C=O) groups is 5. The van der Waals surface area contributed by atoms with Crippen molar-refractivity contribution in [3.05, 3.63) is 108 Å². The van der Waals surface area contributed by atoms with E-state index < -0.39 is 53.8 Å². The predicted octanol–water partition coefficient (Wildman–Crippen LogP) is 7.05. The fraction of sp³-hybridized carbons (Fsp3) is 0.405. The fourth-order valence-electron chi connectivity index (χ4n) is 6.51. The van der Waals surface area contributed by atoms with Gasteiger partial charge in [0.1, 0.15) is 30.9 Å². The molecule has 0 radical (unpaired) electrons. The molecule has 55 heavy (non-hydrogen) atoms. The van der Waals surface area contributed by atoms with Gasteiger partial charge in [0.15, 0.2) is 0 Å². The number of carboxylic acid groups (broad SMARTS) is 1. The first-order chi connectivity index (χ1) is 26.3. The lowest BCUT2D eigenvalue weighted by Gasteiger charge is -2.32. The number of alkyl carbamates (subject to hydrolysis) is 2. The van der Waals surface area contributed by atoms with Gasteiger partial charge >= 0.3 is 30.2 Å². The van der Waals surface area contributed by atoms with Gasteiger partial charge in [0.2, 0.25) is 0 Å². The van der Waals surface area contributed by atoms with E-state index in [0.29, 0.717) is 12.8 Å². The number of hydrogen-bond donors (Lipinski definition) is 3. The number of hydrogen-bond acceptors (Lipinski definition) is 9. The van der Waals surface area contributed by atoms with Crippen LogP contribution < -0.4 is 10.6 Å². The van der Waals surface area contributed by atoms with Crippen molar-refractivity contribution in [3.63, 3.8) is 0 Å². The summed E-state index contributed by atoms with van der Waals surface area (Å²) in [6, 6.07) is 22.5. The van der Waals surface area contributed by atoms with Crippen molar-refractivity contribution in [2.24, 2.45) is 5.92 Å². The van der Waals surface area contributed by atoms with E-state index in [1.807, 2.05) is 78.9 Å². The summed E-state index contributed by atoms with van der Waals surface area (Å²) in [7, 11) is 1.22. The van der Waals surface area contributed by atoms with Gasteiger partial charge in [-0.25, -0.2) is 24.0 Å². The first kappa shape index (κ1) is 41.9. The maximum Gasteiger partial charge on any atom is 0.410 e. The third kappa shape index (κ3) is 12.1. The Morgan fingerprint density at radius 3 is 2.05 bits per heavy atom. The Bertz CT molecular complexity index is 1750. The monoisotopic (exact) mass is 757 g/mol. The van der Waals surface area contributed by atoms with Crippen LogP contribution in [0.4, 0.5) is 14.4 Å². The molecule has 3 aromatic carbocycles. The van der Waals surface area contributed by atoms with E-state index in [2.05, 4.69) is 17.2 Å². The van der Waals surface area contributed by atoms with Crippen molar-refractivity contribution in [2.45, 2.75) is 76.7 Å². The highest BCUT2D eigenvalue weighted by molar-refractivity contribution is 5.83. The van der Waals surface area contributed by atoms with Crippen molar-refractivity contribution < 1.29 is 48.0 Å². The molecule has 3 aromatic rings. The van der Waals surface area contributed by atoms with Crippen LogP contribution in [0.1, 0.15) is 69.1 Å². The number of fused-ring (bicyclic) bond motifs is 3. The summed E-state index contributed by atoms with van der Waals surface area (Å²) >= 11 is 0. The normalized spacial score (nSPS) is 13.5. The molecular formula is C42H51N3O10. The highest BCUT2D eigenvalue weighted by Gasteiger charge is 2.36. The van der Waals surface area contributed by atoms with Gasteiger partial charge in [0.05, 0.1) is 7.11 Å². The van der Waals surface area contributed by atoms with Gasteiger partial charge in [0.25, 0.3) is 0 Å². The molecule has 13 nitrogen and oxygen atoms in total. The minimum atomic E-state index is -1.44. The largest absolute Gasteiger partial charge is 0.480 e. The molecule has 0 saturated heterocycles. The molecule has 1 aliphatic rings. The Kier molecular flexibility index (Phi) is 15.2. The number of nitrogens with one attached hydrogen (secondary N) is 2. The zero-order valence-electron chi connectivity index (χ0n) is 31.8. The first-order valence-corrected chi connectivity index (χ1v) is 18.3. The van der Waals surface area contributed by atoms with Crippen molar-refractivity contribution in [3.8, 4) is 11.1 Å². The average molecular weight is 758 g/mol. The van der Waals surface area contributed by atoms with E-state index in [-0.39, 0.29) is 45.1 Å². The van der Waals surface area contributed by atoms with E-state index in [0.717, 1.165) is 27.8 Å². The lowest BCUT2D eigenvalue weighted by atomic mass is 9.95. The Morgan fingerprint density at radius 2 is 1.47 bits per heavy atom. The van der Waals surface area contributed by atoms with E-state index in [1.54, 1.807) is 20.8 Å². The summed E-state index contributed by atoms with van der Waals surface area (Å²) < 4.78 is 21.6. The summed E-state index contributed by atoms with van der Waals surface area (Å²) in [6.07, 6.45) is 0.0495. The number of nitrogens with zero attached hydrogens (tertiary/aromatic N) is 1. The number of carbonyl (C=O) groups excluding carboxylic acids is 4. The molecule has 4 rings (SSSR count). The number of benzene rings is 3. The molecule has 0 spiro atoms. The molecule has 0 aliphatic heterocycles. The van der Waals surface area contributed by atoms with Crippen molar-refractivity contribution in [1.82, 2.24) is 15.5 Å². The van der Waals surface area contributed by atoms with Gasteiger partial charge in [-0.15, -0.1) is 6.58 Å². The van der Waals surface area contributed by atoms with Crippen LogP contribution >= 0.6 is 0 Å². The van der Waals surface area contributed by atoms with Crippen LogP contribution in [0.25, 0.3) is 11.1 Å². The van der Waals surface area contributed by atoms with Crippen LogP contribution in [0.15, 0.2) is 91.5 Å². The van der Waals surface area contributed by atoms with E-state index >= 15 is 0 Å². The Balaban J connectivity index is 1.48. The van der Waals surface area contributed by atoms with Crippen molar-refractivity contribution in [2.75, 3.05) is 26.8 Å². The Hall–Kier alpha value is -5.85. The molecular weight excluding hydrogens is 706 g/mol. The maximum absolute atomic E-state index is 14.1. The number of esters is 1. The maximum atomic E-state index is 14.1. The zero-order valence-corrected chi connectivity index (χ0v) is 31.8. The van der Waals surface area contributed by atoms with Crippen molar-refractivity contribution in [1.29, 1.82) is 0 Å². The molecule has 0 heterocycles. The molecule has 0 saturated carbocycles. The number of methoxy groups -OCH3 is 1. The quantitative estimate of drug-likeness (QED) is 0.0529. The lowest BCUT2D eigenvalue weighted by Crippen LogP contribution is -2.50. The summed E-state index contributed by atoms with van der Waals surface area (Å²) in [5.74, 6) is -3.15. The van der Waals surface area contributed by atoms with Crippen LogP contribution in [0.3, 0.4) is 0 Å². The SMILES string of the molecule is C=C[C@H](CCN(C(=O)OCC1c2ccccc2-c2ccccc21)[C@@H](CCCCNC(=O)OCc1ccccc1)C(=O)OC)[C@H](NC(=O)OC(C)(C)C)C(=O)O. The van der Waals surface area contributed by atoms with E-state index in [4.69, 9.17) is 18.9 Å². The van der Waals surface area contributed by atoms with Gasteiger partial charge in [-0.2, -0.15) is 0 Å². The number of aliphatic carboxylic acids is 1. The first-order valence-electron chi connectivity index (χ1n) is 18.3. The minimum absolute atomic E-state index is 0.0111. The van der Waals surface area contributed by atoms with Gasteiger partial charge in [-0.05, 0) is 74.3 Å². The molecule has 3 N–H and O–H groups in total. The van der Waals surface area contributed by atoms with Gasteiger partial charge in [-0.1, -0.05) is 84.9 Å². The second-order valence-electron chi connectivity index (χ2n) is 14.2. The van der Waals surface area contributed by atoms with Crippen LogP contribution in [-0.2, 0) is 35.1 Å². The second-order valence-corrected chi connectivity index (χ2v) is 14.2. The smallest absolute Gasteiger partial charge is 0.410 e. The van der Waals surface area contributed by atoms with Gasteiger partial charge in [0, 0.05) is 24.9 Å². The standard InChI is InChI=1S/C42H51N3O10/c1-6-29(36(37(46)47)44-40(50)55-42(2,3)4)23-25-45(41(51)54-27-34-32-20-12-10-18-30(32)31-19-11-13-21-33(31)34)35(38(48)52-5)22-14-15-24-43-39(49)53-26-28-16-8-7-9-17-28/h6-13,16-21,29,34-36H,1,14-15,22-27H2,2-5H3,(H,43,49)(H,44,50)(H,46,47)/t29-,35+,36+/m1/s1. The van der Waals surface area contributed by atoms with E-state index in [9.17, 15) is 29.1 Å². The molecule has 0 bridgehead atoms. The molecule has 294 valence electrons. The summed E-state index contributed by atoms with van der Waals surface area (Å²) in [5.41, 5.74) is 4.09. The molecule has 0 unspecified atom stereocenters. The van der Waals surface area contributed by atoms with Crippen LogP contribution in [0.2, 0.25) is 0 Å². The molecule has 13 heteroatoms. The Labute approximate surface area is 322 Å². The minimum Gasteiger partial charge on any atom is -0.480 e. The Morgan fingerprint density at radius 1 is 0.855 bits per heavy atom. The second kappa shape index (κ2) is 20.0. The highest BCUT2D eigenvalue weighted by Crippen LogP contribution is 2.44. The highest BCUT2D eigenvalue weighted by atomic mass is 16.6. The predicted molar refractivity (Wildman–Crippen MR) is 205 cm³/mol. The van der Waals surface area contributed by atoms with E-state index in [1.165, 1.54) is 18.1 Å². The number of unbranched alkanes of at least 4 members (excludes halogenated alkanes) is 1. The van der Waals surface area contributed by atoms with Crippen LogP contribution in [-0.4, -0.2) is 84.7 Å². The average Bonchev–Trinajstić information content (AvgIpc) is 3.48. The summed E-state index contributed by atoms with van der Waals surface area (Å²) in [6.45, 7) is 8.95. The lowest BCUT2D eigenvalue weighted by molar-refractivity contribution is -0.147. The number of rotatable bonds is 18. The summed E-state index contributed by atoms with van der Waals surface area (Å²) in [5, 5.41) is 15.1. The van der Waals surface area contributed by atoms with Crippen LogP contribution in [0.5, 0.6) is 0 Å². The summed E-state index contributed by atoms with van der Waals surface area (Å²) in [4.78, 5) is 65.8. The molecule has 0 aromatic heterocycles. The third-order valence-corrected chi connectivity index (χ3v) is 9.18. The number of carboxylic acids is 1. The van der Waals surface area contributed by atoms with Gasteiger partial charge < -0.3 is 34.7 Å². The number of amides is 3. The number of ether oxygens (including phenoxy) is 4. The molecule has 1 aliphatic carbocycles. The zero-order chi connectivity index (χ0) is 40.0. The molecule has 3 amide bonds. The third-order valence-electron chi connectivity index (χ3n) is 9.18. The fourth-order valence-corrected chi connectivity index (χ4v) is 6.51. The van der Waals surface area contributed by atoms with Gasteiger partial charge in [-0.3, -0.25) is 4.90 Å². The van der Waals surface area contributed by atoms with Crippen LogP contribution in [0, 0.1) is 5.92 Å². The molecule has 3 atom stereocenters. The topological polar surface area (TPSA) is 170 Å². The van der Waals surface area contributed by atoms with Crippen molar-refractivity contribution >= 4 is 30.2 Å². The molecule has 0 fully saturated rings.